The average molecular weight is 418 g/mol. The first kappa shape index (κ1) is 20.2. The molecule has 5 rings (SSSR count). The molecule has 1 aliphatic carbocycles. The van der Waals surface area contributed by atoms with E-state index >= 15 is 0 Å². The number of hydrogen-bond acceptors (Lipinski definition) is 5. The summed E-state index contributed by atoms with van der Waals surface area (Å²) >= 11 is 0. The Kier molecular flexibility index (Phi) is 5.54. The summed E-state index contributed by atoms with van der Waals surface area (Å²) in [6.45, 7) is 1.93. The van der Waals surface area contributed by atoms with Crippen LogP contribution in [0.1, 0.15) is 41.1 Å². The third kappa shape index (κ3) is 3.51. The van der Waals surface area contributed by atoms with Gasteiger partial charge in [-0.2, -0.15) is 0 Å². The Labute approximate surface area is 178 Å². The molecule has 6 heteroatoms. The van der Waals surface area contributed by atoms with Gasteiger partial charge < -0.3 is 18.9 Å². The Hall–Kier alpha value is -2.11. The predicted octanol–water partition coefficient (Wildman–Crippen LogP) is 4.33. The fraction of sp³-hybridized carbons (Fsp3) is 0.478. The summed E-state index contributed by atoms with van der Waals surface area (Å²) in [5.41, 5.74) is 5.38. The van der Waals surface area contributed by atoms with Gasteiger partial charge in [-0.1, -0.05) is 6.07 Å². The standard InChI is InChI=1S/C23H27NO4.ClH/c1-25-20-7-4-14-10-19-17-12-22(27-3)21(26-2)11-15(17)8-9-24(19)13-18(14)23(20)28-16-5-6-16;/h4,7,11-12,16,19H,5-6,8-10,13H2,1-3H3;1H/t19-;/m0./s1. The molecule has 2 aromatic rings. The van der Waals surface area contributed by atoms with Crippen LogP contribution in [0.4, 0.5) is 0 Å². The van der Waals surface area contributed by atoms with Crippen LogP contribution in [0.3, 0.4) is 0 Å². The molecule has 0 bridgehead atoms. The number of halogens is 1. The topological polar surface area (TPSA) is 40.2 Å². The average Bonchev–Trinajstić information content (AvgIpc) is 3.55. The molecule has 1 fully saturated rings. The maximum Gasteiger partial charge on any atom is 0.166 e. The van der Waals surface area contributed by atoms with Crippen molar-refractivity contribution >= 4 is 12.4 Å². The predicted molar refractivity (Wildman–Crippen MR) is 114 cm³/mol. The second-order valence-corrected chi connectivity index (χ2v) is 7.90. The van der Waals surface area contributed by atoms with Crippen molar-refractivity contribution in [1.82, 2.24) is 4.90 Å². The molecule has 0 amide bonds. The van der Waals surface area contributed by atoms with Gasteiger partial charge in [0.2, 0.25) is 0 Å². The Balaban J connectivity index is 0.00000205. The third-order valence-electron chi connectivity index (χ3n) is 6.24. The minimum atomic E-state index is 0. The van der Waals surface area contributed by atoms with Crippen LogP contribution in [-0.2, 0) is 19.4 Å². The third-order valence-corrected chi connectivity index (χ3v) is 6.24. The largest absolute Gasteiger partial charge is 0.493 e. The monoisotopic (exact) mass is 417 g/mol. The number of fused-ring (bicyclic) bond motifs is 4. The van der Waals surface area contributed by atoms with Gasteiger partial charge in [-0.3, -0.25) is 4.90 Å². The van der Waals surface area contributed by atoms with Crippen LogP contribution >= 0.6 is 12.4 Å². The molecule has 29 heavy (non-hydrogen) atoms. The van der Waals surface area contributed by atoms with Crippen molar-refractivity contribution in [3.8, 4) is 23.0 Å². The van der Waals surface area contributed by atoms with Crippen molar-refractivity contribution in [3.63, 3.8) is 0 Å². The van der Waals surface area contributed by atoms with E-state index in [1.165, 1.54) is 22.3 Å². The van der Waals surface area contributed by atoms with Crippen molar-refractivity contribution in [3.05, 3.63) is 46.5 Å². The highest BCUT2D eigenvalue weighted by Gasteiger charge is 2.36. The van der Waals surface area contributed by atoms with Crippen LogP contribution < -0.4 is 18.9 Å². The minimum Gasteiger partial charge on any atom is -0.493 e. The molecule has 3 aliphatic rings. The van der Waals surface area contributed by atoms with Crippen molar-refractivity contribution in [2.45, 2.75) is 44.4 Å². The maximum atomic E-state index is 6.27. The van der Waals surface area contributed by atoms with Gasteiger partial charge in [0.15, 0.2) is 23.0 Å². The van der Waals surface area contributed by atoms with E-state index in [0.29, 0.717) is 12.1 Å². The lowest BCUT2D eigenvalue weighted by atomic mass is 9.83. The summed E-state index contributed by atoms with van der Waals surface area (Å²) in [5.74, 6) is 3.43. The van der Waals surface area contributed by atoms with Gasteiger partial charge in [-0.15, -0.1) is 12.4 Å². The first-order valence-electron chi connectivity index (χ1n) is 10.1. The molecule has 1 atom stereocenters. The molecule has 0 saturated heterocycles. The zero-order valence-corrected chi connectivity index (χ0v) is 18.0. The van der Waals surface area contributed by atoms with Gasteiger partial charge in [0.1, 0.15) is 0 Å². The Bertz CT molecular complexity index is 912. The number of methoxy groups -OCH3 is 3. The number of benzene rings is 2. The molecule has 2 aromatic carbocycles. The van der Waals surface area contributed by atoms with Crippen molar-refractivity contribution in [2.24, 2.45) is 0 Å². The van der Waals surface area contributed by atoms with Crippen LogP contribution in [0.5, 0.6) is 23.0 Å². The fourth-order valence-electron chi connectivity index (χ4n) is 4.57. The van der Waals surface area contributed by atoms with Gasteiger partial charge in [-0.25, -0.2) is 0 Å². The molecule has 0 spiro atoms. The summed E-state index contributed by atoms with van der Waals surface area (Å²) in [4.78, 5) is 2.57. The number of rotatable bonds is 5. The van der Waals surface area contributed by atoms with Crippen LogP contribution in [-0.4, -0.2) is 38.9 Å². The molecule has 5 nitrogen and oxygen atoms in total. The maximum absolute atomic E-state index is 6.27. The van der Waals surface area contributed by atoms with Gasteiger partial charge >= 0.3 is 0 Å². The Morgan fingerprint density at radius 3 is 2.31 bits per heavy atom. The lowest BCUT2D eigenvalue weighted by Gasteiger charge is -2.42. The number of ether oxygens (including phenoxy) is 4. The van der Waals surface area contributed by atoms with Crippen molar-refractivity contribution in [2.75, 3.05) is 27.9 Å². The minimum absolute atomic E-state index is 0. The Morgan fingerprint density at radius 1 is 0.897 bits per heavy atom. The molecule has 0 unspecified atom stereocenters. The van der Waals surface area contributed by atoms with Crippen molar-refractivity contribution < 1.29 is 18.9 Å². The zero-order valence-electron chi connectivity index (χ0n) is 17.2. The van der Waals surface area contributed by atoms with Crippen molar-refractivity contribution in [1.29, 1.82) is 0 Å². The highest BCUT2D eigenvalue weighted by Crippen LogP contribution is 2.46. The smallest absolute Gasteiger partial charge is 0.166 e. The summed E-state index contributed by atoms with van der Waals surface area (Å²) in [6, 6.07) is 8.95. The van der Waals surface area contributed by atoms with E-state index in [-0.39, 0.29) is 12.4 Å². The summed E-state index contributed by atoms with van der Waals surface area (Å²) in [5, 5.41) is 0. The van der Waals surface area contributed by atoms with Crippen LogP contribution in [0.2, 0.25) is 0 Å². The van der Waals surface area contributed by atoms with Gasteiger partial charge in [0.05, 0.1) is 27.4 Å². The molecule has 0 aromatic heterocycles. The number of hydrogen-bond donors (Lipinski definition) is 0. The van der Waals surface area contributed by atoms with E-state index in [9.17, 15) is 0 Å². The molecule has 2 heterocycles. The normalized spacial score (nSPS) is 19.9. The van der Waals surface area contributed by atoms with E-state index in [0.717, 1.165) is 61.8 Å². The molecule has 1 saturated carbocycles. The second-order valence-electron chi connectivity index (χ2n) is 7.90. The summed E-state index contributed by atoms with van der Waals surface area (Å²) < 4.78 is 23.0. The van der Waals surface area contributed by atoms with Gasteiger partial charge in [0.25, 0.3) is 0 Å². The highest BCUT2D eigenvalue weighted by molar-refractivity contribution is 5.85. The van der Waals surface area contributed by atoms with Crippen LogP contribution in [0, 0.1) is 0 Å². The van der Waals surface area contributed by atoms with Gasteiger partial charge in [0, 0.05) is 24.7 Å². The van der Waals surface area contributed by atoms with E-state index in [2.05, 4.69) is 29.2 Å². The van der Waals surface area contributed by atoms with E-state index < -0.39 is 0 Å². The summed E-state index contributed by atoms with van der Waals surface area (Å²) in [6.07, 6.45) is 4.65. The summed E-state index contributed by atoms with van der Waals surface area (Å²) in [7, 11) is 5.13. The van der Waals surface area contributed by atoms with E-state index in [1.54, 1.807) is 21.3 Å². The zero-order chi connectivity index (χ0) is 19.3. The lowest BCUT2D eigenvalue weighted by Crippen LogP contribution is -2.39. The fourth-order valence-corrected chi connectivity index (χ4v) is 4.57. The van der Waals surface area contributed by atoms with E-state index in [1.807, 2.05) is 0 Å². The lowest BCUT2D eigenvalue weighted by molar-refractivity contribution is 0.155. The molecule has 2 aliphatic heterocycles. The first-order valence-corrected chi connectivity index (χ1v) is 10.1. The molecule has 0 N–H and O–H groups in total. The van der Waals surface area contributed by atoms with Crippen LogP contribution in [0.15, 0.2) is 24.3 Å². The van der Waals surface area contributed by atoms with Crippen LogP contribution in [0.25, 0.3) is 0 Å². The second kappa shape index (κ2) is 7.96. The molecular formula is C23H28ClNO4. The SMILES string of the molecule is COc1cc2c(cc1OC)[C@@H]1Cc3ccc(OC)c(OC4CC4)c3CN1CC2.Cl. The van der Waals surface area contributed by atoms with Gasteiger partial charge in [-0.05, 0) is 60.6 Å². The molecule has 0 radical (unpaired) electrons. The quantitative estimate of drug-likeness (QED) is 0.724. The first-order chi connectivity index (χ1) is 13.7. The molecular weight excluding hydrogens is 390 g/mol. The van der Waals surface area contributed by atoms with E-state index in [4.69, 9.17) is 18.9 Å². The molecule has 156 valence electrons. The Morgan fingerprint density at radius 2 is 1.62 bits per heavy atom. The number of nitrogens with zero attached hydrogens (tertiary/aromatic N) is 1. The highest BCUT2D eigenvalue weighted by atomic mass is 35.5.